The third-order valence-corrected chi connectivity index (χ3v) is 4.80. The fourth-order valence-electron chi connectivity index (χ4n) is 3.28. The number of ether oxygens (including phenoxy) is 1. The molecule has 6 heteroatoms. The Morgan fingerprint density at radius 2 is 2.00 bits per heavy atom. The minimum Gasteiger partial charge on any atom is -0.381 e. The molecular weight excluding hydrogens is 330 g/mol. The highest BCUT2D eigenvalue weighted by Crippen LogP contribution is 2.27. The van der Waals surface area contributed by atoms with Crippen molar-refractivity contribution in [3.05, 3.63) is 47.6 Å². The summed E-state index contributed by atoms with van der Waals surface area (Å²) in [5.41, 5.74) is 1.28. The lowest BCUT2D eigenvalue weighted by Crippen LogP contribution is -2.38. The van der Waals surface area contributed by atoms with E-state index in [2.05, 4.69) is 22.3 Å². The van der Waals surface area contributed by atoms with Crippen molar-refractivity contribution in [1.29, 1.82) is 0 Å². The van der Waals surface area contributed by atoms with Crippen LogP contribution in [0.5, 0.6) is 0 Å². The first-order valence-electron chi connectivity index (χ1n) is 9.42. The van der Waals surface area contributed by atoms with Gasteiger partial charge in [-0.1, -0.05) is 35.5 Å². The minimum atomic E-state index is 0.219. The Kier molecular flexibility index (Phi) is 6.77. The SMILES string of the molecule is Cc1noc(C2CCN(C(=O)CCCOCCc3ccccc3)CC2)n1. The Hall–Kier alpha value is -2.21. The summed E-state index contributed by atoms with van der Waals surface area (Å²) in [7, 11) is 0. The molecule has 0 radical (unpaired) electrons. The lowest BCUT2D eigenvalue weighted by Gasteiger charge is -2.30. The third-order valence-electron chi connectivity index (χ3n) is 4.80. The maximum absolute atomic E-state index is 12.3. The van der Waals surface area contributed by atoms with Gasteiger partial charge in [0.15, 0.2) is 5.82 Å². The monoisotopic (exact) mass is 357 g/mol. The first-order valence-corrected chi connectivity index (χ1v) is 9.42. The molecule has 6 nitrogen and oxygen atoms in total. The van der Waals surface area contributed by atoms with E-state index in [-0.39, 0.29) is 11.8 Å². The number of hydrogen-bond donors (Lipinski definition) is 0. The summed E-state index contributed by atoms with van der Waals surface area (Å²) in [6, 6.07) is 10.3. The number of hydrogen-bond acceptors (Lipinski definition) is 5. The summed E-state index contributed by atoms with van der Waals surface area (Å²) in [6.45, 7) is 4.69. The molecule has 1 aromatic carbocycles. The van der Waals surface area contributed by atoms with Crippen LogP contribution >= 0.6 is 0 Å². The molecule has 0 bridgehead atoms. The molecule has 1 aliphatic rings. The van der Waals surface area contributed by atoms with Crippen molar-refractivity contribution >= 4 is 5.91 Å². The quantitative estimate of drug-likeness (QED) is 0.679. The van der Waals surface area contributed by atoms with Crippen LogP contribution in [0.1, 0.15) is 48.9 Å². The largest absolute Gasteiger partial charge is 0.381 e. The molecule has 1 fully saturated rings. The summed E-state index contributed by atoms with van der Waals surface area (Å²) in [6.07, 6.45) is 4.02. The minimum absolute atomic E-state index is 0.219. The maximum atomic E-state index is 12.3. The van der Waals surface area contributed by atoms with E-state index in [1.54, 1.807) is 0 Å². The number of carbonyl (C=O) groups excluding carboxylic acids is 1. The molecule has 0 aliphatic carbocycles. The van der Waals surface area contributed by atoms with E-state index in [0.29, 0.717) is 31.3 Å². The van der Waals surface area contributed by atoms with E-state index in [1.807, 2.05) is 30.0 Å². The Morgan fingerprint density at radius 3 is 2.69 bits per heavy atom. The van der Waals surface area contributed by atoms with E-state index in [9.17, 15) is 4.79 Å². The first kappa shape index (κ1) is 18.6. The van der Waals surface area contributed by atoms with Crippen LogP contribution in [0.2, 0.25) is 0 Å². The molecule has 0 unspecified atom stereocenters. The van der Waals surface area contributed by atoms with Gasteiger partial charge < -0.3 is 14.2 Å². The molecule has 0 spiro atoms. The van der Waals surface area contributed by atoms with Crippen LogP contribution in [0.3, 0.4) is 0 Å². The van der Waals surface area contributed by atoms with Crippen molar-refractivity contribution in [3.63, 3.8) is 0 Å². The highest BCUT2D eigenvalue weighted by molar-refractivity contribution is 5.76. The zero-order chi connectivity index (χ0) is 18.2. The van der Waals surface area contributed by atoms with Crippen molar-refractivity contribution < 1.29 is 14.1 Å². The van der Waals surface area contributed by atoms with Gasteiger partial charge in [0.2, 0.25) is 11.8 Å². The molecule has 3 rings (SSSR count). The second-order valence-corrected chi connectivity index (χ2v) is 6.79. The lowest BCUT2D eigenvalue weighted by atomic mass is 9.96. The smallest absolute Gasteiger partial charge is 0.229 e. The Bertz CT molecular complexity index is 679. The molecule has 1 amide bonds. The standard InChI is InChI=1S/C20H27N3O3/c1-16-21-20(26-22-16)18-9-12-23(13-10-18)19(24)8-5-14-25-15-11-17-6-3-2-4-7-17/h2-4,6-7,18H,5,8-15H2,1H3. The van der Waals surface area contributed by atoms with Gasteiger partial charge in [-0.3, -0.25) is 4.79 Å². The van der Waals surface area contributed by atoms with Crippen molar-refractivity contribution in [2.45, 2.75) is 44.9 Å². The maximum Gasteiger partial charge on any atom is 0.229 e. The van der Waals surface area contributed by atoms with E-state index in [1.165, 1.54) is 5.56 Å². The predicted octanol–water partition coefficient (Wildman–Crippen LogP) is 3.12. The van der Waals surface area contributed by atoms with Gasteiger partial charge in [-0.15, -0.1) is 0 Å². The fraction of sp³-hybridized carbons (Fsp3) is 0.550. The van der Waals surface area contributed by atoms with Crippen LogP contribution in [0, 0.1) is 6.92 Å². The average molecular weight is 357 g/mol. The molecule has 1 aromatic heterocycles. The molecule has 2 aromatic rings. The third kappa shape index (κ3) is 5.39. The number of benzene rings is 1. The van der Waals surface area contributed by atoms with Gasteiger partial charge in [0.1, 0.15) is 0 Å². The lowest BCUT2D eigenvalue weighted by molar-refractivity contribution is -0.132. The van der Waals surface area contributed by atoms with Gasteiger partial charge in [0.25, 0.3) is 0 Å². The molecule has 0 atom stereocenters. The van der Waals surface area contributed by atoms with E-state index >= 15 is 0 Å². The van der Waals surface area contributed by atoms with Gasteiger partial charge >= 0.3 is 0 Å². The van der Waals surface area contributed by atoms with E-state index in [4.69, 9.17) is 9.26 Å². The summed E-state index contributed by atoms with van der Waals surface area (Å²) < 4.78 is 10.9. The van der Waals surface area contributed by atoms with Gasteiger partial charge in [-0.05, 0) is 38.2 Å². The molecule has 1 aliphatic heterocycles. The van der Waals surface area contributed by atoms with Crippen LogP contribution < -0.4 is 0 Å². The van der Waals surface area contributed by atoms with Gasteiger partial charge in [-0.25, -0.2) is 0 Å². The molecule has 140 valence electrons. The normalized spacial score (nSPS) is 15.3. The van der Waals surface area contributed by atoms with Gasteiger partial charge in [-0.2, -0.15) is 4.98 Å². The highest BCUT2D eigenvalue weighted by Gasteiger charge is 2.26. The zero-order valence-corrected chi connectivity index (χ0v) is 15.4. The second kappa shape index (κ2) is 9.48. The zero-order valence-electron chi connectivity index (χ0n) is 15.4. The Balaban J connectivity index is 1.27. The van der Waals surface area contributed by atoms with Crippen LogP contribution in [0.15, 0.2) is 34.9 Å². The summed E-state index contributed by atoms with van der Waals surface area (Å²) >= 11 is 0. The number of piperidine rings is 1. The number of amides is 1. The van der Waals surface area contributed by atoms with Gasteiger partial charge in [0.05, 0.1) is 6.61 Å². The van der Waals surface area contributed by atoms with Crippen molar-refractivity contribution in [2.24, 2.45) is 0 Å². The summed E-state index contributed by atoms with van der Waals surface area (Å²) in [4.78, 5) is 18.6. The number of aromatic nitrogens is 2. The van der Waals surface area contributed by atoms with Crippen LogP contribution in [0.25, 0.3) is 0 Å². The Morgan fingerprint density at radius 1 is 1.23 bits per heavy atom. The van der Waals surface area contributed by atoms with Crippen LogP contribution in [0.4, 0.5) is 0 Å². The molecule has 1 saturated heterocycles. The van der Waals surface area contributed by atoms with Crippen molar-refractivity contribution in [1.82, 2.24) is 15.0 Å². The second-order valence-electron chi connectivity index (χ2n) is 6.79. The van der Waals surface area contributed by atoms with Crippen molar-refractivity contribution in [2.75, 3.05) is 26.3 Å². The number of nitrogens with zero attached hydrogens (tertiary/aromatic N) is 3. The summed E-state index contributed by atoms with van der Waals surface area (Å²) in [5, 5.41) is 3.85. The number of aryl methyl sites for hydroxylation is 1. The molecule has 0 N–H and O–H groups in total. The van der Waals surface area contributed by atoms with Crippen LogP contribution in [-0.4, -0.2) is 47.3 Å². The van der Waals surface area contributed by atoms with E-state index in [0.717, 1.165) is 38.8 Å². The highest BCUT2D eigenvalue weighted by atomic mass is 16.5. The summed E-state index contributed by atoms with van der Waals surface area (Å²) in [5.74, 6) is 1.88. The fourth-order valence-corrected chi connectivity index (χ4v) is 3.28. The molecule has 0 saturated carbocycles. The Labute approximate surface area is 154 Å². The van der Waals surface area contributed by atoms with Crippen LogP contribution in [-0.2, 0) is 16.0 Å². The average Bonchev–Trinajstić information content (AvgIpc) is 3.12. The molecular formula is C20H27N3O3. The number of carbonyl (C=O) groups is 1. The predicted molar refractivity (Wildman–Crippen MR) is 97.8 cm³/mol. The first-order chi connectivity index (χ1) is 12.7. The topological polar surface area (TPSA) is 68.5 Å². The van der Waals surface area contributed by atoms with E-state index < -0.39 is 0 Å². The number of likely N-dealkylation sites (tertiary alicyclic amines) is 1. The number of rotatable bonds is 8. The molecule has 2 heterocycles. The molecule has 26 heavy (non-hydrogen) atoms. The van der Waals surface area contributed by atoms with Gasteiger partial charge in [0, 0.05) is 32.0 Å². The van der Waals surface area contributed by atoms with Crippen molar-refractivity contribution in [3.8, 4) is 0 Å².